The molecule has 1 aliphatic rings. The van der Waals surface area contributed by atoms with E-state index in [0.717, 1.165) is 5.56 Å². The Hall–Kier alpha value is -4.01. The second-order valence-corrected chi connectivity index (χ2v) is 7.66. The van der Waals surface area contributed by atoms with Crippen LogP contribution in [0.15, 0.2) is 53.5 Å². The van der Waals surface area contributed by atoms with E-state index in [1.165, 1.54) is 12.3 Å². The van der Waals surface area contributed by atoms with E-state index in [-0.39, 0.29) is 18.2 Å². The minimum Gasteiger partial charge on any atom is -0.481 e. The lowest BCUT2D eigenvalue weighted by Crippen LogP contribution is -2.39. The number of pyridine rings is 1. The molecule has 1 atom stereocenters. The maximum absolute atomic E-state index is 15.1. The van der Waals surface area contributed by atoms with E-state index in [4.69, 9.17) is 9.15 Å². The molecule has 1 saturated heterocycles. The predicted octanol–water partition coefficient (Wildman–Crippen LogP) is 3.41. The van der Waals surface area contributed by atoms with Gasteiger partial charge in [0.05, 0.1) is 32.0 Å². The van der Waals surface area contributed by atoms with E-state index in [1.54, 1.807) is 42.5 Å². The van der Waals surface area contributed by atoms with Gasteiger partial charge in [0.15, 0.2) is 0 Å². The quantitative estimate of drug-likeness (QED) is 0.484. The fourth-order valence-corrected chi connectivity index (χ4v) is 3.95. The van der Waals surface area contributed by atoms with Crippen molar-refractivity contribution in [3.05, 3.63) is 66.1 Å². The Morgan fingerprint density at radius 3 is 2.91 bits per heavy atom. The Bertz CT molecular complexity index is 1330. The van der Waals surface area contributed by atoms with Crippen LogP contribution in [-0.4, -0.2) is 33.7 Å². The molecule has 4 aromatic rings. The van der Waals surface area contributed by atoms with Gasteiger partial charge in [0, 0.05) is 47.0 Å². The number of imide groups is 1. The first-order valence-electron chi connectivity index (χ1n) is 10.1. The van der Waals surface area contributed by atoms with Crippen molar-refractivity contribution in [3.8, 4) is 17.0 Å². The summed E-state index contributed by atoms with van der Waals surface area (Å²) in [5, 5.41) is 7.18. The summed E-state index contributed by atoms with van der Waals surface area (Å²) < 4.78 is 27.4. The topological polar surface area (TPSA) is 99.2 Å². The summed E-state index contributed by atoms with van der Waals surface area (Å²) in [4.78, 5) is 27.8. The zero-order chi connectivity index (χ0) is 22.2. The van der Waals surface area contributed by atoms with Gasteiger partial charge in [-0.1, -0.05) is 6.07 Å². The predicted molar refractivity (Wildman–Crippen MR) is 112 cm³/mol. The summed E-state index contributed by atoms with van der Waals surface area (Å²) in [6, 6.07) is 6.64. The van der Waals surface area contributed by atoms with Crippen molar-refractivity contribution < 1.29 is 23.1 Å². The molecular weight excluding hydrogens is 415 g/mol. The average molecular weight is 434 g/mol. The smallest absolute Gasteiger partial charge is 0.234 e. The number of nitrogens with zero attached hydrogens (tertiary/aromatic N) is 3. The van der Waals surface area contributed by atoms with Crippen molar-refractivity contribution in [1.82, 2.24) is 20.1 Å². The third-order valence-corrected chi connectivity index (χ3v) is 5.60. The number of aromatic nitrogens is 3. The Balaban J connectivity index is 1.42. The van der Waals surface area contributed by atoms with E-state index in [1.807, 2.05) is 6.07 Å². The molecule has 4 heterocycles. The Kier molecular flexibility index (Phi) is 4.93. The Morgan fingerprint density at radius 1 is 1.28 bits per heavy atom. The molecule has 0 saturated carbocycles. The number of piperidine rings is 1. The second kappa shape index (κ2) is 7.92. The van der Waals surface area contributed by atoms with E-state index in [2.05, 4.69) is 15.4 Å². The van der Waals surface area contributed by atoms with Gasteiger partial charge in [0.2, 0.25) is 17.7 Å². The normalized spacial score (nSPS) is 16.4. The number of hydrogen-bond donors (Lipinski definition) is 1. The number of amides is 2. The standard InChI is InChI=1S/C23H19FN4O4/c1-31-22-5-2-13(8-25-22)10-28-11-14(9-26-28)16-7-20-17(6-19(16)24)18(12-32-20)15-3-4-21(29)27-23(15)30/h2,5-9,11-12,15H,3-4,10H2,1H3,(H,27,29,30). The molecule has 0 radical (unpaired) electrons. The van der Waals surface area contributed by atoms with Crippen molar-refractivity contribution in [2.24, 2.45) is 0 Å². The van der Waals surface area contributed by atoms with E-state index in [0.29, 0.717) is 46.5 Å². The van der Waals surface area contributed by atoms with Gasteiger partial charge in [0.25, 0.3) is 0 Å². The van der Waals surface area contributed by atoms with Crippen molar-refractivity contribution in [3.63, 3.8) is 0 Å². The fraction of sp³-hybridized carbons (Fsp3) is 0.217. The van der Waals surface area contributed by atoms with Crippen molar-refractivity contribution in [2.75, 3.05) is 7.11 Å². The Morgan fingerprint density at radius 2 is 2.16 bits per heavy atom. The van der Waals surface area contributed by atoms with E-state index in [9.17, 15) is 9.59 Å². The second-order valence-electron chi connectivity index (χ2n) is 7.66. The molecule has 0 spiro atoms. The number of halogens is 1. The van der Waals surface area contributed by atoms with Crippen LogP contribution in [-0.2, 0) is 16.1 Å². The highest BCUT2D eigenvalue weighted by atomic mass is 19.1. The molecule has 5 rings (SSSR count). The summed E-state index contributed by atoms with van der Waals surface area (Å²) in [5.74, 6) is -1.14. The molecule has 8 nitrogen and oxygen atoms in total. The Labute approximate surface area is 182 Å². The van der Waals surface area contributed by atoms with Gasteiger partial charge < -0.3 is 9.15 Å². The number of ether oxygens (including phenoxy) is 1. The van der Waals surface area contributed by atoms with Gasteiger partial charge >= 0.3 is 0 Å². The molecule has 1 aliphatic heterocycles. The number of fused-ring (bicyclic) bond motifs is 1. The zero-order valence-corrected chi connectivity index (χ0v) is 17.2. The van der Waals surface area contributed by atoms with Gasteiger partial charge in [0.1, 0.15) is 11.4 Å². The molecule has 32 heavy (non-hydrogen) atoms. The number of nitrogens with one attached hydrogen (secondary N) is 1. The minimum absolute atomic E-state index is 0.243. The lowest BCUT2D eigenvalue weighted by Gasteiger charge is -2.19. The number of hydrogen-bond acceptors (Lipinski definition) is 6. The van der Waals surface area contributed by atoms with Crippen LogP contribution in [0.4, 0.5) is 4.39 Å². The number of methoxy groups -OCH3 is 1. The van der Waals surface area contributed by atoms with Gasteiger partial charge in [-0.2, -0.15) is 5.10 Å². The van der Waals surface area contributed by atoms with Crippen LogP contribution in [0.3, 0.4) is 0 Å². The highest BCUT2D eigenvalue weighted by molar-refractivity contribution is 6.03. The minimum atomic E-state index is -0.542. The summed E-state index contributed by atoms with van der Waals surface area (Å²) in [6.07, 6.45) is 7.12. The molecule has 0 bridgehead atoms. The number of carbonyl (C=O) groups is 2. The third kappa shape index (κ3) is 3.62. The maximum Gasteiger partial charge on any atom is 0.234 e. The SMILES string of the molecule is COc1ccc(Cn2cc(-c3cc4occ(C5CCC(=O)NC5=O)c4cc3F)cn2)cn1. The van der Waals surface area contributed by atoms with Crippen LogP contribution >= 0.6 is 0 Å². The summed E-state index contributed by atoms with van der Waals surface area (Å²) in [5.41, 5.74) is 2.92. The van der Waals surface area contributed by atoms with Crippen molar-refractivity contribution >= 4 is 22.8 Å². The van der Waals surface area contributed by atoms with Gasteiger partial charge in [-0.3, -0.25) is 19.6 Å². The monoisotopic (exact) mass is 434 g/mol. The van der Waals surface area contributed by atoms with Crippen LogP contribution in [0.2, 0.25) is 0 Å². The van der Waals surface area contributed by atoms with E-state index >= 15 is 4.39 Å². The molecule has 1 fully saturated rings. The molecular formula is C23H19FN4O4. The first kappa shape index (κ1) is 19.9. The highest BCUT2D eigenvalue weighted by Gasteiger charge is 2.30. The summed E-state index contributed by atoms with van der Waals surface area (Å²) >= 11 is 0. The zero-order valence-electron chi connectivity index (χ0n) is 17.2. The lowest BCUT2D eigenvalue weighted by molar-refractivity contribution is -0.134. The van der Waals surface area contributed by atoms with Crippen LogP contribution in [0.25, 0.3) is 22.1 Å². The maximum atomic E-state index is 15.1. The number of carbonyl (C=O) groups excluding carboxylic acids is 2. The average Bonchev–Trinajstić information content (AvgIpc) is 3.41. The van der Waals surface area contributed by atoms with Crippen LogP contribution in [0.1, 0.15) is 29.9 Å². The van der Waals surface area contributed by atoms with Gasteiger partial charge in [-0.05, 0) is 24.1 Å². The number of rotatable bonds is 5. The van der Waals surface area contributed by atoms with Crippen LogP contribution in [0.5, 0.6) is 5.88 Å². The van der Waals surface area contributed by atoms with Crippen LogP contribution in [0, 0.1) is 5.82 Å². The lowest BCUT2D eigenvalue weighted by atomic mass is 9.90. The molecule has 1 unspecified atom stereocenters. The molecule has 1 aromatic carbocycles. The largest absolute Gasteiger partial charge is 0.481 e. The summed E-state index contributed by atoms with van der Waals surface area (Å²) in [6.45, 7) is 0.473. The molecule has 2 amide bonds. The summed E-state index contributed by atoms with van der Waals surface area (Å²) in [7, 11) is 1.56. The van der Waals surface area contributed by atoms with Gasteiger partial charge in [-0.15, -0.1) is 0 Å². The first-order chi connectivity index (χ1) is 15.5. The molecule has 9 heteroatoms. The molecule has 0 aliphatic carbocycles. The third-order valence-electron chi connectivity index (χ3n) is 5.60. The molecule has 3 aromatic heterocycles. The van der Waals surface area contributed by atoms with Crippen molar-refractivity contribution in [1.29, 1.82) is 0 Å². The molecule has 1 N–H and O–H groups in total. The number of furan rings is 1. The highest BCUT2D eigenvalue weighted by Crippen LogP contribution is 2.36. The van der Waals surface area contributed by atoms with Crippen LogP contribution < -0.4 is 10.1 Å². The molecule has 162 valence electrons. The van der Waals surface area contributed by atoms with E-state index < -0.39 is 11.7 Å². The first-order valence-corrected chi connectivity index (χ1v) is 10.1. The number of benzene rings is 1. The van der Waals surface area contributed by atoms with Gasteiger partial charge in [-0.25, -0.2) is 9.37 Å². The van der Waals surface area contributed by atoms with Crippen molar-refractivity contribution in [2.45, 2.75) is 25.3 Å². The fourth-order valence-electron chi connectivity index (χ4n) is 3.95.